The molecule has 0 aliphatic carbocycles. The molecule has 0 aromatic heterocycles. The molecule has 15 nitrogen and oxygen atoms in total. The summed E-state index contributed by atoms with van der Waals surface area (Å²) in [6.07, 6.45) is 38.4. The van der Waals surface area contributed by atoms with E-state index in [1.165, 1.54) is 66.8 Å². The third-order valence-corrected chi connectivity index (χ3v) is 19.7. The standard InChI is InChI=1S/C69H101N3O12S3/c1-4-7-10-13-20-36-58-82-67(73)64(85(76,77)61-42-26-23-27-43-61)48-39-53-70-51-32-16-18-34-55-72(57-41-50-66(87(80,81)63-46-30-25-31-47-63)69(75)84-60-38-22-15-12-9-6-3)56-35-19-17-33-52-71-54-40-49-65(86(78,79)62-44-28-24-29-45-62)68(74)83-59-37-21-14-11-8-5-2/h23-31,39-50,53-54,57,70-71H,4-22,32-38,51-52,55-56,58-60H2,1-3H3/b53-39+,54-40+,57-41-,64-48-,65-49+,66-50+. The van der Waals surface area contributed by atoms with Gasteiger partial charge in [-0.05, 0) is 136 Å². The first kappa shape index (κ1) is 75.0. The Morgan fingerprint density at radius 2 is 0.644 bits per heavy atom. The molecule has 482 valence electrons. The second-order valence-corrected chi connectivity index (χ2v) is 27.3. The lowest BCUT2D eigenvalue weighted by Crippen LogP contribution is -2.20. The Morgan fingerprint density at radius 3 is 0.966 bits per heavy atom. The van der Waals surface area contributed by atoms with Gasteiger partial charge in [0.05, 0.1) is 34.5 Å². The summed E-state index contributed by atoms with van der Waals surface area (Å²) in [5.74, 6) is -2.65. The van der Waals surface area contributed by atoms with Crippen molar-refractivity contribution in [1.29, 1.82) is 0 Å². The van der Waals surface area contributed by atoms with Crippen LogP contribution in [0.5, 0.6) is 0 Å². The van der Waals surface area contributed by atoms with Crippen molar-refractivity contribution in [3.05, 3.63) is 161 Å². The van der Waals surface area contributed by atoms with Crippen molar-refractivity contribution in [2.45, 2.75) is 202 Å². The SMILES string of the molecule is CCCCCCCCOC(=O)/C(=C/C=C/NCCCCCCN(/C=C\C=C(/C(=O)OCCCCCCCC)S(=O)(=O)c1ccccc1)CCCCCCN/C=C/C=C(\C(=O)OCCCCCCCC)S(=O)(=O)c1ccccc1)S(=O)(=O)c1ccccc1. The number of ether oxygens (including phenoxy) is 3. The number of carbonyl (C=O) groups is 3. The average Bonchev–Trinajstić information content (AvgIpc) is 1.35. The maximum atomic E-state index is 13.9. The van der Waals surface area contributed by atoms with Crippen molar-refractivity contribution in [2.75, 3.05) is 46.0 Å². The van der Waals surface area contributed by atoms with E-state index in [0.717, 1.165) is 148 Å². The van der Waals surface area contributed by atoms with E-state index in [1.54, 1.807) is 73.1 Å². The van der Waals surface area contributed by atoms with E-state index >= 15 is 0 Å². The first-order valence-corrected chi connectivity index (χ1v) is 36.4. The highest BCUT2D eigenvalue weighted by Gasteiger charge is 2.30. The number of esters is 3. The van der Waals surface area contributed by atoms with Crippen LogP contribution in [0.2, 0.25) is 0 Å². The van der Waals surface area contributed by atoms with Gasteiger partial charge in [0.15, 0.2) is 14.7 Å². The molecular formula is C69H101N3O12S3. The quantitative estimate of drug-likeness (QED) is 0.0177. The number of nitrogens with one attached hydrogen (secondary N) is 2. The van der Waals surface area contributed by atoms with Crippen molar-refractivity contribution >= 4 is 47.4 Å². The molecule has 3 aromatic carbocycles. The minimum atomic E-state index is -4.20. The fraction of sp³-hybridized carbons (Fsp3) is 0.522. The lowest BCUT2D eigenvalue weighted by molar-refractivity contribution is -0.139. The molecule has 18 heteroatoms. The predicted octanol–water partition coefficient (Wildman–Crippen LogP) is 14.9. The second-order valence-electron chi connectivity index (χ2n) is 21.6. The van der Waals surface area contributed by atoms with Gasteiger partial charge in [0.1, 0.15) is 0 Å². The highest BCUT2D eigenvalue weighted by atomic mass is 32.2. The number of hydrogen-bond acceptors (Lipinski definition) is 15. The topological polar surface area (TPSA) is 209 Å². The van der Waals surface area contributed by atoms with E-state index in [2.05, 4.69) is 36.3 Å². The van der Waals surface area contributed by atoms with Crippen LogP contribution in [0, 0.1) is 0 Å². The van der Waals surface area contributed by atoms with Gasteiger partial charge in [-0.3, -0.25) is 0 Å². The highest BCUT2D eigenvalue weighted by Crippen LogP contribution is 2.24. The number of unbranched alkanes of at least 4 members (excludes halogenated alkanes) is 21. The Morgan fingerprint density at radius 1 is 0.368 bits per heavy atom. The van der Waals surface area contributed by atoms with Gasteiger partial charge in [0, 0.05) is 26.2 Å². The summed E-state index contributed by atoms with van der Waals surface area (Å²) < 4.78 is 98.4. The fourth-order valence-corrected chi connectivity index (χ4v) is 13.1. The monoisotopic (exact) mass is 1260 g/mol. The van der Waals surface area contributed by atoms with Gasteiger partial charge in [-0.2, -0.15) is 0 Å². The molecule has 0 unspecified atom stereocenters. The van der Waals surface area contributed by atoms with Crippen LogP contribution in [0.3, 0.4) is 0 Å². The normalized spacial score (nSPS) is 12.7. The molecule has 0 heterocycles. The van der Waals surface area contributed by atoms with Crippen LogP contribution in [-0.2, 0) is 58.1 Å². The number of benzene rings is 3. The molecule has 0 fully saturated rings. The molecule has 0 atom stereocenters. The van der Waals surface area contributed by atoms with Gasteiger partial charge < -0.3 is 29.7 Å². The Labute approximate surface area is 523 Å². The largest absolute Gasteiger partial charge is 0.462 e. The Hall–Kier alpha value is -6.24. The third-order valence-electron chi connectivity index (χ3n) is 14.3. The maximum Gasteiger partial charge on any atom is 0.350 e. The second kappa shape index (κ2) is 46.0. The first-order chi connectivity index (χ1) is 42.2. The summed E-state index contributed by atoms with van der Waals surface area (Å²) in [6, 6.07) is 23.6. The predicted molar refractivity (Wildman–Crippen MR) is 350 cm³/mol. The smallest absolute Gasteiger partial charge is 0.350 e. The van der Waals surface area contributed by atoms with Crippen LogP contribution in [0.15, 0.2) is 175 Å². The number of sulfone groups is 3. The van der Waals surface area contributed by atoms with Crippen molar-refractivity contribution < 1.29 is 53.8 Å². The number of nitrogens with zero attached hydrogens (tertiary/aromatic N) is 1. The zero-order valence-corrected chi connectivity index (χ0v) is 54.7. The number of carbonyl (C=O) groups excluding carboxylic acids is 3. The van der Waals surface area contributed by atoms with E-state index in [-0.39, 0.29) is 34.5 Å². The summed E-state index contributed by atoms with van der Waals surface area (Å²) in [5.41, 5.74) is 0. The molecule has 0 amide bonds. The summed E-state index contributed by atoms with van der Waals surface area (Å²) in [5, 5.41) is 6.40. The van der Waals surface area contributed by atoms with Gasteiger partial charge in [-0.25, -0.2) is 39.6 Å². The highest BCUT2D eigenvalue weighted by molar-refractivity contribution is 7.97. The molecule has 0 saturated heterocycles. The number of rotatable bonds is 50. The molecule has 87 heavy (non-hydrogen) atoms. The molecule has 0 radical (unpaired) electrons. The minimum absolute atomic E-state index is 0.00000777. The van der Waals surface area contributed by atoms with Crippen molar-refractivity contribution in [3.63, 3.8) is 0 Å². The molecular weight excluding hydrogens is 1160 g/mol. The van der Waals surface area contributed by atoms with Crippen LogP contribution in [-0.4, -0.2) is 94.1 Å². The Bertz CT molecular complexity index is 2790. The summed E-state index contributed by atoms with van der Waals surface area (Å²) in [6.45, 7) is 9.43. The molecule has 3 rings (SSSR count). The van der Waals surface area contributed by atoms with Crippen LogP contribution < -0.4 is 10.6 Å². The molecule has 0 bridgehead atoms. The lowest BCUT2D eigenvalue weighted by atomic mass is 10.1. The lowest BCUT2D eigenvalue weighted by Gasteiger charge is -2.20. The first-order valence-electron chi connectivity index (χ1n) is 32.0. The van der Waals surface area contributed by atoms with Crippen LogP contribution in [0.4, 0.5) is 0 Å². The number of hydrogen-bond donors (Lipinski definition) is 2. The zero-order chi connectivity index (χ0) is 63.1. The van der Waals surface area contributed by atoms with Crippen LogP contribution >= 0.6 is 0 Å². The molecule has 0 saturated carbocycles. The molecule has 0 aliphatic rings. The van der Waals surface area contributed by atoms with E-state index < -0.39 is 62.1 Å². The van der Waals surface area contributed by atoms with Crippen molar-refractivity contribution in [3.8, 4) is 0 Å². The van der Waals surface area contributed by atoms with Gasteiger partial charge in [-0.15, -0.1) is 0 Å². The molecule has 3 aromatic rings. The zero-order valence-electron chi connectivity index (χ0n) is 52.3. The molecule has 2 N–H and O–H groups in total. The van der Waals surface area contributed by atoms with Crippen LogP contribution in [0.1, 0.15) is 188 Å². The van der Waals surface area contributed by atoms with Gasteiger partial charge in [-0.1, -0.05) is 197 Å². The Balaban J connectivity index is 1.65. The van der Waals surface area contributed by atoms with Crippen LogP contribution in [0.25, 0.3) is 0 Å². The summed E-state index contributed by atoms with van der Waals surface area (Å²) >= 11 is 0. The van der Waals surface area contributed by atoms with Crippen molar-refractivity contribution in [2.24, 2.45) is 0 Å². The number of allylic oxidation sites excluding steroid dienone is 6. The van der Waals surface area contributed by atoms with Gasteiger partial charge >= 0.3 is 17.9 Å². The van der Waals surface area contributed by atoms with E-state index in [0.29, 0.717) is 45.4 Å². The molecule has 0 spiro atoms. The summed E-state index contributed by atoms with van der Waals surface area (Å²) in [7, 11) is -12.5. The van der Waals surface area contributed by atoms with Crippen molar-refractivity contribution in [1.82, 2.24) is 15.5 Å². The van der Waals surface area contributed by atoms with E-state index in [4.69, 9.17) is 14.2 Å². The fourth-order valence-electron chi connectivity index (χ4n) is 9.21. The van der Waals surface area contributed by atoms with E-state index in [1.807, 2.05) is 6.20 Å². The third kappa shape index (κ3) is 31.0. The maximum absolute atomic E-state index is 13.9. The van der Waals surface area contributed by atoms with Gasteiger partial charge in [0.2, 0.25) is 29.5 Å². The molecule has 0 aliphatic heterocycles. The Kier molecular flexibility index (Phi) is 39.6. The van der Waals surface area contributed by atoms with E-state index in [9.17, 15) is 39.6 Å². The minimum Gasteiger partial charge on any atom is -0.462 e. The van der Waals surface area contributed by atoms with Gasteiger partial charge in [0.25, 0.3) is 0 Å². The summed E-state index contributed by atoms with van der Waals surface area (Å²) in [4.78, 5) is 40.7. The average molecular weight is 1260 g/mol.